The fourth-order valence-corrected chi connectivity index (χ4v) is 2.67. The molecule has 2 heterocycles. The number of nitrogens with one attached hydrogen (secondary N) is 1. The molecule has 0 saturated heterocycles. The van der Waals surface area contributed by atoms with Crippen molar-refractivity contribution in [2.45, 2.75) is 13.0 Å². The average Bonchev–Trinajstić information content (AvgIpc) is 2.95. The number of urea groups is 1. The number of nitrogens with zero attached hydrogens (tertiary/aromatic N) is 2. The van der Waals surface area contributed by atoms with Gasteiger partial charge >= 0.3 is 12.0 Å². The van der Waals surface area contributed by atoms with Crippen LogP contribution in [0.5, 0.6) is 0 Å². The van der Waals surface area contributed by atoms with Gasteiger partial charge in [-0.25, -0.2) is 14.6 Å². The Bertz CT molecular complexity index is 555. The second-order valence-electron chi connectivity index (χ2n) is 4.58. The summed E-state index contributed by atoms with van der Waals surface area (Å²) in [6.07, 6.45) is 2.81. The zero-order valence-corrected chi connectivity index (χ0v) is 12.5. The SMILES string of the molecule is COCC1=CCN(C(=O)NCc2nc(C(=O)O)cs2)CC1. The quantitative estimate of drug-likeness (QED) is 0.800. The van der Waals surface area contributed by atoms with Crippen LogP contribution in [0.2, 0.25) is 0 Å². The minimum absolute atomic E-state index is 0.00867. The van der Waals surface area contributed by atoms with E-state index in [-0.39, 0.29) is 18.3 Å². The van der Waals surface area contributed by atoms with Gasteiger partial charge in [0.1, 0.15) is 5.01 Å². The average molecular weight is 311 g/mol. The van der Waals surface area contributed by atoms with Gasteiger partial charge in [0.15, 0.2) is 5.69 Å². The number of carbonyl (C=O) groups excluding carboxylic acids is 1. The number of thiazole rings is 1. The van der Waals surface area contributed by atoms with Crippen LogP contribution in [0, 0.1) is 0 Å². The van der Waals surface area contributed by atoms with Crippen LogP contribution in [0.4, 0.5) is 4.79 Å². The minimum atomic E-state index is -1.06. The van der Waals surface area contributed by atoms with Gasteiger partial charge in [-0.3, -0.25) is 0 Å². The van der Waals surface area contributed by atoms with Crippen LogP contribution in [-0.4, -0.2) is 53.8 Å². The second-order valence-corrected chi connectivity index (χ2v) is 5.52. The molecule has 0 unspecified atom stereocenters. The molecule has 1 aliphatic rings. The van der Waals surface area contributed by atoms with E-state index in [1.165, 1.54) is 22.3 Å². The number of hydrogen-bond acceptors (Lipinski definition) is 5. The first kappa shape index (κ1) is 15.5. The highest BCUT2D eigenvalue weighted by Crippen LogP contribution is 2.12. The minimum Gasteiger partial charge on any atom is -0.476 e. The molecular weight excluding hydrogens is 294 g/mol. The van der Waals surface area contributed by atoms with E-state index in [1.807, 2.05) is 6.08 Å². The highest BCUT2D eigenvalue weighted by molar-refractivity contribution is 7.09. The Morgan fingerprint density at radius 3 is 2.95 bits per heavy atom. The van der Waals surface area contributed by atoms with Crippen molar-refractivity contribution >= 4 is 23.3 Å². The number of hydrogen-bond donors (Lipinski definition) is 2. The van der Waals surface area contributed by atoms with Crippen molar-refractivity contribution < 1.29 is 19.4 Å². The molecule has 1 aliphatic heterocycles. The third-order valence-corrected chi connectivity index (χ3v) is 3.93. The molecule has 0 bridgehead atoms. The number of carboxylic acids is 1. The molecule has 0 spiro atoms. The molecule has 0 radical (unpaired) electrons. The topological polar surface area (TPSA) is 91.8 Å². The maximum atomic E-state index is 12.0. The number of rotatable bonds is 5. The van der Waals surface area contributed by atoms with Crippen molar-refractivity contribution in [1.82, 2.24) is 15.2 Å². The lowest BCUT2D eigenvalue weighted by molar-refractivity contribution is 0.0691. The summed E-state index contributed by atoms with van der Waals surface area (Å²) in [7, 11) is 1.65. The van der Waals surface area contributed by atoms with Gasteiger partial charge in [-0.05, 0) is 12.0 Å². The summed E-state index contributed by atoms with van der Waals surface area (Å²) < 4.78 is 5.06. The number of carbonyl (C=O) groups is 2. The Morgan fingerprint density at radius 1 is 1.57 bits per heavy atom. The van der Waals surface area contributed by atoms with Crippen molar-refractivity contribution in [3.63, 3.8) is 0 Å². The lowest BCUT2D eigenvalue weighted by Gasteiger charge is -2.26. The molecule has 0 atom stereocenters. The molecule has 2 amide bonds. The first-order chi connectivity index (χ1) is 10.1. The van der Waals surface area contributed by atoms with Crippen LogP contribution < -0.4 is 5.32 Å². The molecule has 1 aromatic rings. The zero-order chi connectivity index (χ0) is 15.2. The predicted molar refractivity (Wildman–Crippen MR) is 77.5 cm³/mol. The van der Waals surface area contributed by atoms with Gasteiger partial charge in [0, 0.05) is 25.6 Å². The molecule has 2 rings (SSSR count). The van der Waals surface area contributed by atoms with Gasteiger partial charge in [0.05, 0.1) is 13.2 Å². The van der Waals surface area contributed by atoms with Crippen LogP contribution in [0.25, 0.3) is 0 Å². The summed E-state index contributed by atoms with van der Waals surface area (Å²) in [5, 5.41) is 13.6. The Balaban J connectivity index is 1.81. The number of aromatic nitrogens is 1. The Labute approximate surface area is 126 Å². The predicted octanol–water partition coefficient (Wildman–Crippen LogP) is 1.33. The van der Waals surface area contributed by atoms with Gasteiger partial charge in [-0.2, -0.15) is 0 Å². The monoisotopic (exact) mass is 311 g/mol. The third kappa shape index (κ3) is 4.27. The lowest BCUT2D eigenvalue weighted by atomic mass is 10.1. The van der Waals surface area contributed by atoms with Gasteiger partial charge in [-0.1, -0.05) is 6.08 Å². The molecule has 7 nitrogen and oxygen atoms in total. The first-order valence-electron chi connectivity index (χ1n) is 6.47. The molecule has 8 heteroatoms. The summed E-state index contributed by atoms with van der Waals surface area (Å²) >= 11 is 1.22. The molecule has 0 fully saturated rings. The fraction of sp³-hybridized carbons (Fsp3) is 0.462. The molecule has 21 heavy (non-hydrogen) atoms. The van der Waals surface area contributed by atoms with E-state index in [0.717, 1.165) is 6.42 Å². The molecule has 0 aliphatic carbocycles. The summed E-state index contributed by atoms with van der Waals surface area (Å²) in [6.45, 7) is 2.05. The van der Waals surface area contributed by atoms with E-state index in [2.05, 4.69) is 10.3 Å². The van der Waals surface area contributed by atoms with Gasteiger partial charge in [-0.15, -0.1) is 11.3 Å². The van der Waals surface area contributed by atoms with Gasteiger partial charge in [0.2, 0.25) is 0 Å². The summed E-state index contributed by atoms with van der Waals surface area (Å²) in [6, 6.07) is -0.171. The Morgan fingerprint density at radius 2 is 2.38 bits per heavy atom. The summed E-state index contributed by atoms with van der Waals surface area (Å²) in [5.41, 5.74) is 1.21. The normalized spacial score (nSPS) is 14.7. The maximum absolute atomic E-state index is 12.0. The van der Waals surface area contributed by atoms with Crippen molar-refractivity contribution in [2.75, 3.05) is 26.8 Å². The number of carboxylic acid groups (broad SMARTS) is 1. The molecule has 2 N–H and O–H groups in total. The standard InChI is InChI=1S/C13H17N3O4S/c1-20-7-9-2-4-16(5-3-9)13(19)14-6-11-15-10(8-21-11)12(17)18/h2,8H,3-7H2,1H3,(H,14,19)(H,17,18). The van der Waals surface area contributed by atoms with Crippen molar-refractivity contribution in [2.24, 2.45) is 0 Å². The largest absolute Gasteiger partial charge is 0.476 e. The number of methoxy groups -OCH3 is 1. The van der Waals surface area contributed by atoms with E-state index in [0.29, 0.717) is 24.7 Å². The maximum Gasteiger partial charge on any atom is 0.355 e. The summed E-state index contributed by atoms with van der Waals surface area (Å²) in [4.78, 5) is 28.3. The van der Waals surface area contributed by atoms with Crippen LogP contribution in [0.1, 0.15) is 21.9 Å². The fourth-order valence-electron chi connectivity index (χ4n) is 1.97. The Hall–Kier alpha value is -1.93. The van der Waals surface area contributed by atoms with Gasteiger partial charge in [0.25, 0.3) is 0 Å². The summed E-state index contributed by atoms with van der Waals surface area (Å²) in [5.74, 6) is -1.06. The molecule has 1 aromatic heterocycles. The van der Waals surface area contributed by atoms with E-state index in [1.54, 1.807) is 12.0 Å². The smallest absolute Gasteiger partial charge is 0.355 e. The van der Waals surface area contributed by atoms with E-state index in [9.17, 15) is 9.59 Å². The van der Waals surface area contributed by atoms with Crippen LogP contribution in [-0.2, 0) is 11.3 Å². The van der Waals surface area contributed by atoms with Crippen molar-refractivity contribution in [3.05, 3.63) is 27.7 Å². The highest BCUT2D eigenvalue weighted by atomic mass is 32.1. The highest BCUT2D eigenvalue weighted by Gasteiger charge is 2.17. The lowest BCUT2D eigenvalue weighted by Crippen LogP contribution is -2.42. The van der Waals surface area contributed by atoms with Crippen LogP contribution >= 0.6 is 11.3 Å². The third-order valence-electron chi connectivity index (χ3n) is 3.08. The van der Waals surface area contributed by atoms with Crippen molar-refractivity contribution in [1.29, 1.82) is 0 Å². The molecule has 114 valence electrons. The number of amides is 2. The van der Waals surface area contributed by atoms with E-state index >= 15 is 0 Å². The molecule has 0 aromatic carbocycles. The zero-order valence-electron chi connectivity index (χ0n) is 11.7. The number of aromatic carboxylic acids is 1. The van der Waals surface area contributed by atoms with Crippen molar-refractivity contribution in [3.8, 4) is 0 Å². The van der Waals surface area contributed by atoms with E-state index < -0.39 is 5.97 Å². The van der Waals surface area contributed by atoms with Crippen LogP contribution in [0.3, 0.4) is 0 Å². The van der Waals surface area contributed by atoms with Gasteiger partial charge < -0.3 is 20.1 Å². The Kier molecular flexibility index (Phi) is 5.29. The van der Waals surface area contributed by atoms with Crippen LogP contribution in [0.15, 0.2) is 17.0 Å². The molecular formula is C13H17N3O4S. The number of ether oxygens (including phenoxy) is 1. The molecule has 0 saturated carbocycles. The second kappa shape index (κ2) is 7.19. The van der Waals surface area contributed by atoms with E-state index in [4.69, 9.17) is 9.84 Å². The first-order valence-corrected chi connectivity index (χ1v) is 7.35.